The maximum Gasteiger partial charge on any atom is 0.165 e. The Labute approximate surface area is 118 Å². The molecule has 0 saturated heterocycles. The Balaban J connectivity index is 2.21. The molecule has 1 aromatic rings. The predicted molar refractivity (Wildman–Crippen MR) is 78.4 cm³/mol. The molecule has 19 heavy (non-hydrogen) atoms. The minimum Gasteiger partial charge on any atom is -0.488 e. The molecule has 0 aliphatic rings. The van der Waals surface area contributed by atoms with Crippen molar-refractivity contribution in [3.8, 4) is 5.75 Å². The highest BCUT2D eigenvalue weighted by Crippen LogP contribution is 2.15. The van der Waals surface area contributed by atoms with Crippen LogP contribution in [0.1, 0.15) is 13.8 Å². The van der Waals surface area contributed by atoms with Crippen molar-refractivity contribution < 1.29 is 14.2 Å². The molecular weight excluding hydrogens is 265 g/mol. The van der Waals surface area contributed by atoms with Crippen molar-refractivity contribution in [2.75, 3.05) is 24.7 Å². The lowest BCUT2D eigenvalue weighted by Gasteiger charge is -2.17. The summed E-state index contributed by atoms with van der Waals surface area (Å²) in [6.45, 7) is 4.73. The molecular formula is C14H22FNO2S. The van der Waals surface area contributed by atoms with Crippen LogP contribution in [0.5, 0.6) is 5.75 Å². The van der Waals surface area contributed by atoms with Gasteiger partial charge in [-0.25, -0.2) is 4.39 Å². The van der Waals surface area contributed by atoms with E-state index >= 15 is 0 Å². The van der Waals surface area contributed by atoms with Gasteiger partial charge >= 0.3 is 0 Å². The second kappa shape index (κ2) is 9.18. The van der Waals surface area contributed by atoms with Gasteiger partial charge in [-0.1, -0.05) is 19.1 Å². The topological polar surface area (TPSA) is 41.5 Å². The first-order chi connectivity index (χ1) is 9.13. The fourth-order valence-electron chi connectivity index (χ4n) is 1.50. The average molecular weight is 287 g/mol. The molecule has 0 spiro atoms. The third kappa shape index (κ3) is 6.80. The summed E-state index contributed by atoms with van der Waals surface area (Å²) in [7, 11) is 0. The molecule has 0 amide bonds. The van der Waals surface area contributed by atoms with E-state index in [0.717, 1.165) is 11.5 Å². The van der Waals surface area contributed by atoms with Gasteiger partial charge in [-0.2, -0.15) is 11.8 Å². The molecule has 0 aliphatic carbocycles. The summed E-state index contributed by atoms with van der Waals surface area (Å²) in [5.41, 5.74) is 0. The van der Waals surface area contributed by atoms with E-state index in [1.807, 2.05) is 11.8 Å². The molecule has 3 nitrogen and oxygen atoms in total. The Kier molecular flexibility index (Phi) is 7.86. The van der Waals surface area contributed by atoms with Crippen LogP contribution < -0.4 is 10.1 Å². The molecule has 0 bridgehead atoms. The van der Waals surface area contributed by atoms with Crippen molar-refractivity contribution in [2.24, 2.45) is 0 Å². The minimum absolute atomic E-state index is 0.0849. The van der Waals surface area contributed by atoms with Crippen molar-refractivity contribution in [3.63, 3.8) is 0 Å². The van der Waals surface area contributed by atoms with E-state index in [9.17, 15) is 9.50 Å². The zero-order valence-corrected chi connectivity index (χ0v) is 12.3. The van der Waals surface area contributed by atoms with Gasteiger partial charge in [0.15, 0.2) is 11.6 Å². The summed E-state index contributed by atoms with van der Waals surface area (Å²) in [5, 5.41) is 13.0. The largest absolute Gasteiger partial charge is 0.488 e. The molecule has 2 atom stereocenters. The molecule has 0 fully saturated rings. The van der Waals surface area contributed by atoms with Crippen LogP contribution in [0.25, 0.3) is 0 Å². The number of rotatable bonds is 9. The third-order valence-corrected chi connectivity index (χ3v) is 3.69. The first kappa shape index (κ1) is 16.3. The van der Waals surface area contributed by atoms with Crippen LogP contribution in [0.3, 0.4) is 0 Å². The minimum atomic E-state index is -0.645. The van der Waals surface area contributed by atoms with Crippen molar-refractivity contribution in [1.29, 1.82) is 0 Å². The Bertz CT molecular complexity index is 365. The number of ether oxygens (including phenoxy) is 1. The predicted octanol–water partition coefficient (Wildman–Crippen LogP) is 2.30. The van der Waals surface area contributed by atoms with Gasteiger partial charge in [-0.05, 0) is 24.8 Å². The molecule has 5 heteroatoms. The zero-order valence-electron chi connectivity index (χ0n) is 11.4. The number of halogens is 1. The van der Waals surface area contributed by atoms with Crippen LogP contribution in [0, 0.1) is 5.82 Å². The third-order valence-electron chi connectivity index (χ3n) is 2.54. The molecule has 0 heterocycles. The molecule has 2 unspecified atom stereocenters. The summed E-state index contributed by atoms with van der Waals surface area (Å²) in [5.74, 6) is 1.87. The number of thioether (sulfide) groups is 1. The van der Waals surface area contributed by atoms with Gasteiger partial charge in [0.1, 0.15) is 12.7 Å². The van der Waals surface area contributed by atoms with Gasteiger partial charge in [0.25, 0.3) is 0 Å². The van der Waals surface area contributed by atoms with Gasteiger partial charge in [0.05, 0.1) is 0 Å². The fraction of sp³-hybridized carbons (Fsp3) is 0.571. The molecule has 1 rings (SSSR count). The molecule has 0 radical (unpaired) electrons. The second-order valence-corrected chi connectivity index (χ2v) is 5.68. The first-order valence-electron chi connectivity index (χ1n) is 6.50. The van der Waals surface area contributed by atoms with E-state index in [2.05, 4.69) is 19.2 Å². The fourth-order valence-corrected chi connectivity index (χ4v) is 2.20. The quantitative estimate of drug-likeness (QED) is 0.731. The molecule has 1 aromatic carbocycles. The maximum absolute atomic E-state index is 13.3. The number of hydrogen-bond acceptors (Lipinski definition) is 4. The maximum atomic E-state index is 13.3. The number of benzene rings is 1. The van der Waals surface area contributed by atoms with E-state index in [1.54, 1.807) is 18.2 Å². The summed E-state index contributed by atoms with van der Waals surface area (Å²) >= 11 is 1.86. The van der Waals surface area contributed by atoms with Crippen LogP contribution in [0.15, 0.2) is 24.3 Å². The summed E-state index contributed by atoms with van der Waals surface area (Å²) in [4.78, 5) is 0. The lowest BCUT2D eigenvalue weighted by atomic mass is 10.3. The summed E-state index contributed by atoms with van der Waals surface area (Å²) in [6.07, 6.45) is -0.645. The van der Waals surface area contributed by atoms with Gasteiger partial charge in [-0.3, -0.25) is 0 Å². The lowest BCUT2D eigenvalue weighted by molar-refractivity contribution is 0.102. The van der Waals surface area contributed by atoms with Crippen LogP contribution in [0.4, 0.5) is 4.39 Å². The van der Waals surface area contributed by atoms with Crippen LogP contribution in [0.2, 0.25) is 0 Å². The van der Waals surface area contributed by atoms with E-state index in [1.165, 1.54) is 6.07 Å². The number of nitrogens with one attached hydrogen (secondary N) is 1. The van der Waals surface area contributed by atoms with Gasteiger partial charge in [0, 0.05) is 18.3 Å². The Morgan fingerprint density at radius 3 is 2.84 bits per heavy atom. The molecule has 2 N–H and O–H groups in total. The van der Waals surface area contributed by atoms with Crippen molar-refractivity contribution >= 4 is 11.8 Å². The van der Waals surface area contributed by atoms with E-state index < -0.39 is 11.9 Å². The number of hydrogen-bond donors (Lipinski definition) is 2. The highest BCUT2D eigenvalue weighted by Gasteiger charge is 2.09. The SMILES string of the molecule is CCSCC(C)NCC(O)COc1ccccc1F. The highest BCUT2D eigenvalue weighted by atomic mass is 32.2. The molecule has 108 valence electrons. The van der Waals surface area contributed by atoms with Gasteiger partial charge < -0.3 is 15.2 Å². The molecule has 0 aliphatic heterocycles. The van der Waals surface area contributed by atoms with Crippen LogP contribution in [-0.4, -0.2) is 41.9 Å². The zero-order chi connectivity index (χ0) is 14.1. The van der Waals surface area contributed by atoms with E-state index in [-0.39, 0.29) is 12.4 Å². The Morgan fingerprint density at radius 2 is 2.16 bits per heavy atom. The number of para-hydroxylation sites is 1. The van der Waals surface area contributed by atoms with E-state index in [0.29, 0.717) is 12.6 Å². The second-order valence-electron chi connectivity index (χ2n) is 4.36. The normalized spacial score (nSPS) is 14.1. The smallest absolute Gasteiger partial charge is 0.165 e. The number of aliphatic hydroxyl groups is 1. The molecule has 0 aromatic heterocycles. The van der Waals surface area contributed by atoms with Gasteiger partial charge in [-0.15, -0.1) is 0 Å². The number of aliphatic hydroxyl groups excluding tert-OH is 1. The lowest BCUT2D eigenvalue weighted by Crippen LogP contribution is -2.37. The Hall–Kier alpha value is -0.780. The average Bonchev–Trinajstić information content (AvgIpc) is 2.42. The Morgan fingerprint density at radius 1 is 1.42 bits per heavy atom. The summed E-state index contributed by atoms with van der Waals surface area (Å²) < 4.78 is 18.5. The van der Waals surface area contributed by atoms with E-state index in [4.69, 9.17) is 4.74 Å². The first-order valence-corrected chi connectivity index (χ1v) is 7.65. The monoisotopic (exact) mass is 287 g/mol. The standard InChI is InChI=1S/C14H22FNO2S/c1-3-19-10-11(2)16-8-12(17)9-18-14-7-5-4-6-13(14)15/h4-7,11-12,16-17H,3,8-10H2,1-2H3. The summed E-state index contributed by atoms with van der Waals surface area (Å²) in [6, 6.07) is 6.54. The van der Waals surface area contributed by atoms with Crippen LogP contribution in [-0.2, 0) is 0 Å². The van der Waals surface area contributed by atoms with Crippen molar-refractivity contribution in [3.05, 3.63) is 30.1 Å². The van der Waals surface area contributed by atoms with Gasteiger partial charge in [0.2, 0.25) is 0 Å². The molecule has 0 saturated carbocycles. The van der Waals surface area contributed by atoms with Crippen molar-refractivity contribution in [2.45, 2.75) is 26.0 Å². The van der Waals surface area contributed by atoms with Crippen molar-refractivity contribution in [1.82, 2.24) is 5.32 Å². The van der Waals surface area contributed by atoms with Crippen LogP contribution >= 0.6 is 11.8 Å². The highest BCUT2D eigenvalue weighted by molar-refractivity contribution is 7.99.